The average molecular weight is 210 g/mol. The minimum Gasteiger partial charge on any atom is -0.310 e. The van der Waals surface area contributed by atoms with Crippen molar-refractivity contribution in [1.29, 1.82) is 0 Å². The van der Waals surface area contributed by atoms with Crippen molar-refractivity contribution in [3.05, 3.63) is 0 Å². The summed E-state index contributed by atoms with van der Waals surface area (Å²) in [6.45, 7) is 9.56. The second-order valence-corrected chi connectivity index (χ2v) is 5.78. The molecular weight excluding hydrogens is 184 g/mol. The first-order valence-corrected chi connectivity index (χ1v) is 6.67. The molecule has 1 saturated heterocycles. The Kier molecular flexibility index (Phi) is 3.68. The molecule has 15 heavy (non-hydrogen) atoms. The van der Waals surface area contributed by atoms with Crippen molar-refractivity contribution in [3.63, 3.8) is 0 Å². The summed E-state index contributed by atoms with van der Waals surface area (Å²) in [5.41, 5.74) is 0. The first-order valence-electron chi connectivity index (χ1n) is 6.67. The number of rotatable bonds is 3. The molecule has 2 unspecified atom stereocenters. The molecule has 0 aromatic rings. The summed E-state index contributed by atoms with van der Waals surface area (Å²) in [6.07, 6.45) is 5.69. The smallest absolute Gasteiger partial charge is 0.0235 e. The van der Waals surface area contributed by atoms with E-state index in [2.05, 4.69) is 31.0 Å². The second kappa shape index (κ2) is 4.84. The van der Waals surface area contributed by atoms with Crippen LogP contribution in [0.1, 0.15) is 46.5 Å². The van der Waals surface area contributed by atoms with Crippen LogP contribution >= 0.6 is 0 Å². The van der Waals surface area contributed by atoms with E-state index in [-0.39, 0.29) is 0 Å². The first kappa shape index (κ1) is 11.4. The van der Waals surface area contributed by atoms with Crippen molar-refractivity contribution in [2.24, 2.45) is 5.92 Å². The van der Waals surface area contributed by atoms with Crippen LogP contribution in [-0.2, 0) is 0 Å². The Bertz CT molecular complexity index is 197. The highest BCUT2D eigenvalue weighted by molar-refractivity contribution is 4.90. The molecule has 1 N–H and O–H groups in total. The number of likely N-dealkylation sites (tertiary alicyclic amines) is 1. The molecule has 0 aromatic heterocycles. The van der Waals surface area contributed by atoms with E-state index in [9.17, 15) is 0 Å². The van der Waals surface area contributed by atoms with E-state index in [1.807, 2.05) is 0 Å². The molecular formula is C13H26N2. The van der Waals surface area contributed by atoms with Crippen LogP contribution in [0, 0.1) is 5.92 Å². The van der Waals surface area contributed by atoms with E-state index in [4.69, 9.17) is 0 Å². The SMILES string of the molecule is CC1CN(C(C)C)CC1NC1CCCC1. The molecule has 88 valence electrons. The Hall–Kier alpha value is -0.0800. The van der Waals surface area contributed by atoms with Gasteiger partial charge in [0.25, 0.3) is 0 Å². The second-order valence-electron chi connectivity index (χ2n) is 5.78. The van der Waals surface area contributed by atoms with Crippen LogP contribution in [0.5, 0.6) is 0 Å². The van der Waals surface area contributed by atoms with E-state index >= 15 is 0 Å². The van der Waals surface area contributed by atoms with Gasteiger partial charge in [0.15, 0.2) is 0 Å². The molecule has 0 aromatic carbocycles. The molecule has 0 radical (unpaired) electrons. The third-order valence-electron chi connectivity index (χ3n) is 4.18. The van der Waals surface area contributed by atoms with Crippen molar-refractivity contribution in [2.75, 3.05) is 13.1 Å². The van der Waals surface area contributed by atoms with Crippen LogP contribution in [0.3, 0.4) is 0 Å². The van der Waals surface area contributed by atoms with Crippen molar-refractivity contribution >= 4 is 0 Å². The van der Waals surface area contributed by atoms with Gasteiger partial charge in [0.2, 0.25) is 0 Å². The standard InChI is InChI=1S/C13H26N2/c1-10(2)15-8-11(3)13(9-15)14-12-6-4-5-7-12/h10-14H,4-9H2,1-3H3. The summed E-state index contributed by atoms with van der Waals surface area (Å²) in [7, 11) is 0. The van der Waals surface area contributed by atoms with Gasteiger partial charge in [0, 0.05) is 31.2 Å². The minimum absolute atomic E-state index is 0.711. The Morgan fingerprint density at radius 2 is 1.80 bits per heavy atom. The Morgan fingerprint density at radius 3 is 2.33 bits per heavy atom. The lowest BCUT2D eigenvalue weighted by atomic mass is 10.1. The van der Waals surface area contributed by atoms with Crippen molar-refractivity contribution < 1.29 is 0 Å². The van der Waals surface area contributed by atoms with Crippen LogP contribution in [0.4, 0.5) is 0 Å². The van der Waals surface area contributed by atoms with Gasteiger partial charge < -0.3 is 5.32 Å². The lowest BCUT2D eigenvalue weighted by Crippen LogP contribution is -2.41. The quantitative estimate of drug-likeness (QED) is 0.768. The summed E-state index contributed by atoms with van der Waals surface area (Å²) in [6, 6.07) is 2.28. The molecule has 0 amide bonds. The van der Waals surface area contributed by atoms with Gasteiger partial charge in [-0.1, -0.05) is 19.8 Å². The van der Waals surface area contributed by atoms with E-state index in [1.54, 1.807) is 0 Å². The van der Waals surface area contributed by atoms with Gasteiger partial charge in [-0.25, -0.2) is 0 Å². The van der Waals surface area contributed by atoms with E-state index < -0.39 is 0 Å². The third-order valence-corrected chi connectivity index (χ3v) is 4.18. The average Bonchev–Trinajstić information content (AvgIpc) is 2.77. The summed E-state index contributed by atoms with van der Waals surface area (Å²) in [4.78, 5) is 2.61. The zero-order valence-corrected chi connectivity index (χ0v) is 10.5. The van der Waals surface area contributed by atoms with Gasteiger partial charge in [-0.3, -0.25) is 4.90 Å². The summed E-state index contributed by atoms with van der Waals surface area (Å²) in [5, 5.41) is 3.87. The van der Waals surface area contributed by atoms with Crippen LogP contribution in [0.2, 0.25) is 0 Å². The number of hydrogen-bond donors (Lipinski definition) is 1. The molecule has 2 nitrogen and oxygen atoms in total. The maximum Gasteiger partial charge on any atom is 0.0235 e. The number of nitrogens with one attached hydrogen (secondary N) is 1. The van der Waals surface area contributed by atoms with E-state index in [0.717, 1.165) is 18.0 Å². The van der Waals surface area contributed by atoms with E-state index in [1.165, 1.54) is 38.8 Å². The van der Waals surface area contributed by atoms with Crippen molar-refractivity contribution in [2.45, 2.75) is 64.6 Å². The zero-order valence-electron chi connectivity index (χ0n) is 10.5. The van der Waals surface area contributed by atoms with Gasteiger partial charge in [-0.2, -0.15) is 0 Å². The summed E-state index contributed by atoms with van der Waals surface area (Å²) in [5.74, 6) is 0.827. The van der Waals surface area contributed by atoms with Crippen LogP contribution < -0.4 is 5.32 Å². The van der Waals surface area contributed by atoms with E-state index in [0.29, 0.717) is 6.04 Å². The summed E-state index contributed by atoms with van der Waals surface area (Å²) >= 11 is 0. The van der Waals surface area contributed by atoms with Crippen molar-refractivity contribution in [3.8, 4) is 0 Å². The number of nitrogens with zero attached hydrogens (tertiary/aromatic N) is 1. The highest BCUT2D eigenvalue weighted by Gasteiger charge is 2.32. The third kappa shape index (κ3) is 2.73. The molecule has 2 rings (SSSR count). The fourth-order valence-corrected chi connectivity index (χ4v) is 3.04. The molecule has 0 bridgehead atoms. The van der Waals surface area contributed by atoms with Crippen LogP contribution in [0.25, 0.3) is 0 Å². The molecule has 1 aliphatic heterocycles. The van der Waals surface area contributed by atoms with Gasteiger partial charge in [-0.15, -0.1) is 0 Å². The largest absolute Gasteiger partial charge is 0.310 e. The zero-order chi connectivity index (χ0) is 10.8. The molecule has 2 aliphatic rings. The highest BCUT2D eigenvalue weighted by atomic mass is 15.2. The Balaban J connectivity index is 1.82. The lowest BCUT2D eigenvalue weighted by molar-refractivity contribution is 0.262. The first-order chi connectivity index (χ1) is 7.16. The van der Waals surface area contributed by atoms with Crippen molar-refractivity contribution in [1.82, 2.24) is 10.2 Å². The van der Waals surface area contributed by atoms with Crippen LogP contribution in [0.15, 0.2) is 0 Å². The Labute approximate surface area is 94.4 Å². The lowest BCUT2D eigenvalue weighted by Gasteiger charge is -2.22. The molecule has 0 spiro atoms. The predicted molar refractivity (Wildman–Crippen MR) is 65.1 cm³/mol. The number of hydrogen-bond acceptors (Lipinski definition) is 2. The van der Waals surface area contributed by atoms with Gasteiger partial charge in [0.1, 0.15) is 0 Å². The Morgan fingerprint density at radius 1 is 1.13 bits per heavy atom. The monoisotopic (exact) mass is 210 g/mol. The molecule has 2 heteroatoms. The van der Waals surface area contributed by atoms with Crippen LogP contribution in [-0.4, -0.2) is 36.1 Å². The van der Waals surface area contributed by atoms with Gasteiger partial charge in [-0.05, 0) is 32.6 Å². The maximum atomic E-state index is 3.87. The van der Waals surface area contributed by atoms with Gasteiger partial charge in [0.05, 0.1) is 0 Å². The molecule has 1 saturated carbocycles. The van der Waals surface area contributed by atoms with Gasteiger partial charge >= 0.3 is 0 Å². The highest BCUT2D eigenvalue weighted by Crippen LogP contribution is 2.23. The predicted octanol–water partition coefficient (Wildman–Crippen LogP) is 2.25. The topological polar surface area (TPSA) is 15.3 Å². The minimum atomic E-state index is 0.711. The molecule has 2 fully saturated rings. The fraction of sp³-hybridized carbons (Fsp3) is 1.00. The molecule has 2 atom stereocenters. The molecule has 1 aliphatic carbocycles. The fourth-order valence-electron chi connectivity index (χ4n) is 3.04. The summed E-state index contributed by atoms with van der Waals surface area (Å²) < 4.78 is 0. The molecule has 1 heterocycles. The normalized spacial score (nSPS) is 34.4. The maximum absolute atomic E-state index is 3.87.